The molecule has 0 spiro atoms. The number of para-hydroxylation sites is 1. The lowest BCUT2D eigenvalue weighted by Gasteiger charge is -2.18. The van der Waals surface area contributed by atoms with Crippen LogP contribution >= 0.6 is 11.3 Å². The van der Waals surface area contributed by atoms with Crippen LogP contribution < -0.4 is 5.32 Å². The summed E-state index contributed by atoms with van der Waals surface area (Å²) in [5, 5.41) is 13.2. The number of anilines is 1. The Hall–Kier alpha value is -2.65. The monoisotopic (exact) mass is 313 g/mol. The van der Waals surface area contributed by atoms with Crippen LogP contribution in [0.1, 0.15) is 26.5 Å². The Kier molecular flexibility index (Phi) is 5.28. The zero-order valence-corrected chi connectivity index (χ0v) is 12.9. The average Bonchev–Trinajstić information content (AvgIpc) is 3.07. The highest BCUT2D eigenvalue weighted by Crippen LogP contribution is 2.19. The summed E-state index contributed by atoms with van der Waals surface area (Å²) < 4.78 is 0. The van der Waals surface area contributed by atoms with Crippen LogP contribution in [-0.4, -0.2) is 30.3 Å². The Bertz CT molecular complexity index is 704. The lowest BCUT2D eigenvalue weighted by Crippen LogP contribution is -2.28. The maximum atomic E-state index is 12.4. The van der Waals surface area contributed by atoms with Crippen molar-refractivity contribution in [3.8, 4) is 6.07 Å². The topological polar surface area (TPSA) is 73.2 Å². The second kappa shape index (κ2) is 7.38. The molecule has 0 unspecified atom stereocenters. The molecule has 0 aliphatic rings. The van der Waals surface area contributed by atoms with Crippen LogP contribution in [0.2, 0.25) is 0 Å². The third-order valence-corrected chi connectivity index (χ3v) is 3.92. The summed E-state index contributed by atoms with van der Waals surface area (Å²) >= 11 is 1.34. The number of rotatable bonds is 5. The van der Waals surface area contributed by atoms with Gasteiger partial charge >= 0.3 is 0 Å². The van der Waals surface area contributed by atoms with Gasteiger partial charge in [-0.25, -0.2) is 0 Å². The number of thiophene rings is 1. The summed E-state index contributed by atoms with van der Waals surface area (Å²) in [5.74, 6) is -0.466. The molecule has 0 atom stereocenters. The van der Waals surface area contributed by atoms with Crippen LogP contribution in [0.4, 0.5) is 5.69 Å². The van der Waals surface area contributed by atoms with Gasteiger partial charge in [-0.15, -0.1) is 11.3 Å². The fraction of sp³-hybridized carbons (Fsp3) is 0.188. The zero-order chi connectivity index (χ0) is 15.9. The fourth-order valence-electron chi connectivity index (χ4n) is 1.90. The van der Waals surface area contributed by atoms with Crippen molar-refractivity contribution in [3.63, 3.8) is 0 Å². The number of hydrogen-bond acceptors (Lipinski definition) is 4. The minimum atomic E-state index is -0.241. The van der Waals surface area contributed by atoms with E-state index in [0.717, 1.165) is 0 Å². The van der Waals surface area contributed by atoms with E-state index in [2.05, 4.69) is 5.32 Å². The molecule has 2 amide bonds. The summed E-state index contributed by atoms with van der Waals surface area (Å²) in [6.07, 6.45) is 0.270. The normalized spacial score (nSPS) is 9.82. The number of carbonyl (C=O) groups excluding carboxylic acids is 2. The highest BCUT2D eigenvalue weighted by Gasteiger charge is 2.17. The number of benzene rings is 1. The molecule has 1 heterocycles. The minimum absolute atomic E-state index is 0.225. The van der Waals surface area contributed by atoms with Crippen molar-refractivity contribution < 1.29 is 9.59 Å². The number of nitrogens with one attached hydrogen (secondary N) is 1. The second-order valence-electron chi connectivity index (χ2n) is 4.61. The highest BCUT2D eigenvalue weighted by atomic mass is 32.1. The zero-order valence-electron chi connectivity index (χ0n) is 12.1. The summed E-state index contributed by atoms with van der Waals surface area (Å²) in [6.45, 7) is 0.350. The van der Waals surface area contributed by atoms with E-state index < -0.39 is 0 Å². The van der Waals surface area contributed by atoms with Gasteiger partial charge in [-0.2, -0.15) is 5.26 Å². The van der Waals surface area contributed by atoms with Crippen LogP contribution in [-0.2, 0) is 0 Å². The number of nitriles is 1. The van der Waals surface area contributed by atoms with E-state index in [1.165, 1.54) is 16.2 Å². The number of nitrogens with zero attached hydrogens (tertiary/aromatic N) is 2. The van der Waals surface area contributed by atoms with Crippen molar-refractivity contribution in [2.24, 2.45) is 0 Å². The van der Waals surface area contributed by atoms with E-state index in [1.807, 2.05) is 11.4 Å². The second-order valence-corrected chi connectivity index (χ2v) is 5.56. The molecular weight excluding hydrogens is 298 g/mol. The van der Waals surface area contributed by atoms with E-state index in [9.17, 15) is 9.59 Å². The summed E-state index contributed by atoms with van der Waals surface area (Å²) in [7, 11) is 1.64. The summed E-state index contributed by atoms with van der Waals surface area (Å²) in [5.41, 5.74) is 0.877. The lowest BCUT2D eigenvalue weighted by molar-refractivity contribution is 0.0799. The molecule has 6 heteroatoms. The van der Waals surface area contributed by atoms with E-state index in [4.69, 9.17) is 5.26 Å². The summed E-state index contributed by atoms with van der Waals surface area (Å²) in [6, 6.07) is 12.4. The van der Waals surface area contributed by atoms with Crippen LogP contribution in [0, 0.1) is 11.3 Å². The molecule has 1 aromatic heterocycles. The smallest absolute Gasteiger partial charge is 0.265 e. The Balaban J connectivity index is 2.18. The number of hydrogen-bond donors (Lipinski definition) is 1. The van der Waals surface area contributed by atoms with Gasteiger partial charge in [0.25, 0.3) is 11.8 Å². The predicted molar refractivity (Wildman–Crippen MR) is 85.9 cm³/mol. The Morgan fingerprint density at radius 1 is 1.27 bits per heavy atom. The molecule has 1 aromatic carbocycles. The molecule has 1 N–H and O–H groups in total. The first-order chi connectivity index (χ1) is 10.6. The van der Waals surface area contributed by atoms with Crippen LogP contribution in [0.3, 0.4) is 0 Å². The van der Waals surface area contributed by atoms with Gasteiger partial charge in [-0.05, 0) is 23.6 Å². The quantitative estimate of drug-likeness (QED) is 0.922. The molecule has 0 aliphatic heterocycles. The molecular formula is C16H15N3O2S. The molecule has 0 bridgehead atoms. The van der Waals surface area contributed by atoms with Gasteiger partial charge in [-0.1, -0.05) is 18.2 Å². The molecule has 0 saturated heterocycles. The van der Waals surface area contributed by atoms with Crippen molar-refractivity contribution in [2.45, 2.75) is 6.42 Å². The Morgan fingerprint density at radius 2 is 2.05 bits per heavy atom. The fourth-order valence-corrected chi connectivity index (χ4v) is 2.51. The van der Waals surface area contributed by atoms with Gasteiger partial charge in [0.05, 0.1) is 28.6 Å². The van der Waals surface area contributed by atoms with Crippen LogP contribution in [0.15, 0.2) is 41.8 Å². The standard InChI is InChI=1S/C16H15N3O2S/c1-19(10-5-9-17)16(21)12-6-2-3-7-13(12)18-15(20)14-8-4-11-22-14/h2-4,6-8,11H,5,10H2,1H3,(H,18,20). The third kappa shape index (κ3) is 3.71. The van der Waals surface area contributed by atoms with Crippen molar-refractivity contribution in [1.29, 1.82) is 5.26 Å². The maximum Gasteiger partial charge on any atom is 0.265 e. The van der Waals surface area contributed by atoms with Gasteiger partial charge in [0.15, 0.2) is 0 Å². The SMILES string of the molecule is CN(CCC#N)C(=O)c1ccccc1NC(=O)c1cccs1. The molecule has 5 nitrogen and oxygen atoms in total. The van der Waals surface area contributed by atoms with E-state index in [-0.39, 0.29) is 18.2 Å². The van der Waals surface area contributed by atoms with E-state index >= 15 is 0 Å². The third-order valence-electron chi connectivity index (χ3n) is 3.06. The maximum absolute atomic E-state index is 12.4. The largest absolute Gasteiger partial charge is 0.341 e. The van der Waals surface area contributed by atoms with E-state index in [0.29, 0.717) is 22.7 Å². The number of carbonyl (C=O) groups is 2. The molecule has 2 rings (SSSR count). The minimum Gasteiger partial charge on any atom is -0.341 e. The van der Waals surface area contributed by atoms with Gasteiger partial charge < -0.3 is 10.2 Å². The van der Waals surface area contributed by atoms with Crippen molar-refractivity contribution in [2.75, 3.05) is 18.9 Å². The van der Waals surface area contributed by atoms with Gasteiger partial charge in [0, 0.05) is 13.6 Å². The summed E-state index contributed by atoms with van der Waals surface area (Å²) in [4.78, 5) is 26.6. The predicted octanol–water partition coefficient (Wildman–Crippen LogP) is 2.99. The Morgan fingerprint density at radius 3 is 2.73 bits per heavy atom. The molecule has 0 fully saturated rings. The van der Waals surface area contributed by atoms with E-state index in [1.54, 1.807) is 43.4 Å². The highest BCUT2D eigenvalue weighted by molar-refractivity contribution is 7.12. The van der Waals surface area contributed by atoms with Gasteiger partial charge in [-0.3, -0.25) is 9.59 Å². The first-order valence-corrected chi connectivity index (χ1v) is 7.57. The van der Waals surface area contributed by atoms with Crippen molar-refractivity contribution in [1.82, 2.24) is 4.90 Å². The van der Waals surface area contributed by atoms with Crippen LogP contribution in [0.25, 0.3) is 0 Å². The first kappa shape index (κ1) is 15.7. The van der Waals surface area contributed by atoms with Gasteiger partial charge in [0.2, 0.25) is 0 Å². The molecule has 0 aliphatic carbocycles. The Labute approximate surface area is 132 Å². The lowest BCUT2D eigenvalue weighted by atomic mass is 10.1. The average molecular weight is 313 g/mol. The molecule has 0 radical (unpaired) electrons. The molecule has 112 valence electrons. The molecule has 2 aromatic rings. The van der Waals surface area contributed by atoms with Crippen LogP contribution in [0.5, 0.6) is 0 Å². The van der Waals surface area contributed by atoms with Gasteiger partial charge in [0.1, 0.15) is 0 Å². The number of amides is 2. The molecule has 0 saturated carbocycles. The first-order valence-electron chi connectivity index (χ1n) is 6.69. The van der Waals surface area contributed by atoms with Crippen molar-refractivity contribution in [3.05, 3.63) is 52.2 Å². The van der Waals surface area contributed by atoms with Crippen molar-refractivity contribution >= 4 is 28.8 Å². The molecule has 22 heavy (non-hydrogen) atoms.